The van der Waals surface area contributed by atoms with Crippen molar-refractivity contribution in [3.8, 4) is 0 Å². The molecule has 7 nitrogen and oxygen atoms in total. The molecule has 0 radical (unpaired) electrons. The Labute approximate surface area is 118 Å². The molecular formula is C13H23N3O4. The number of nitrogens with one attached hydrogen (secondary N) is 1. The van der Waals surface area contributed by atoms with Crippen molar-refractivity contribution in [3.63, 3.8) is 0 Å². The maximum Gasteiger partial charge on any atom is 0.326 e. The second-order valence-corrected chi connectivity index (χ2v) is 5.12. The van der Waals surface area contributed by atoms with Crippen molar-refractivity contribution in [2.24, 2.45) is 0 Å². The average molecular weight is 285 g/mol. The molecule has 1 saturated heterocycles. The predicted molar refractivity (Wildman–Crippen MR) is 72.9 cm³/mol. The minimum absolute atomic E-state index is 0.0239. The molecule has 1 heterocycles. The summed E-state index contributed by atoms with van der Waals surface area (Å²) in [6.07, 6.45) is 2.13. The maximum atomic E-state index is 11.6. The first kappa shape index (κ1) is 16.4. The molecule has 1 aliphatic rings. The topological polar surface area (TPSA) is 89.9 Å². The first-order valence-electron chi connectivity index (χ1n) is 6.91. The number of likely N-dealkylation sites (N-methyl/N-ethyl adjacent to an activating group) is 1. The lowest BCUT2D eigenvalue weighted by Crippen LogP contribution is -2.35. The van der Waals surface area contributed by atoms with Gasteiger partial charge in [-0.05, 0) is 26.2 Å². The lowest BCUT2D eigenvalue weighted by atomic mass is 10.2. The number of carbonyl (C=O) groups is 3. The summed E-state index contributed by atoms with van der Waals surface area (Å²) < 4.78 is 0. The first-order valence-corrected chi connectivity index (χ1v) is 6.91. The maximum absolute atomic E-state index is 11.6. The molecule has 1 atom stereocenters. The minimum Gasteiger partial charge on any atom is -0.396 e. The number of hydrogen-bond acceptors (Lipinski definition) is 4. The minimum atomic E-state index is -0.299. The summed E-state index contributed by atoms with van der Waals surface area (Å²) in [6, 6.07) is -0.275. The van der Waals surface area contributed by atoms with Gasteiger partial charge in [-0.15, -0.1) is 0 Å². The summed E-state index contributed by atoms with van der Waals surface area (Å²) in [5, 5.41) is 11.5. The lowest BCUT2D eigenvalue weighted by Gasteiger charge is -2.15. The molecule has 0 spiro atoms. The Balaban J connectivity index is 2.22. The van der Waals surface area contributed by atoms with Gasteiger partial charge in [0.1, 0.15) is 6.54 Å². The Morgan fingerprint density at radius 1 is 1.40 bits per heavy atom. The van der Waals surface area contributed by atoms with Crippen molar-refractivity contribution in [3.05, 3.63) is 0 Å². The summed E-state index contributed by atoms with van der Waals surface area (Å²) >= 11 is 0. The van der Waals surface area contributed by atoms with E-state index in [0.29, 0.717) is 12.8 Å². The molecule has 0 aromatic carbocycles. The molecule has 0 bridgehead atoms. The smallest absolute Gasteiger partial charge is 0.326 e. The van der Waals surface area contributed by atoms with Crippen LogP contribution >= 0.6 is 0 Å². The molecule has 114 valence electrons. The molecular weight excluding hydrogens is 262 g/mol. The summed E-state index contributed by atoms with van der Waals surface area (Å²) in [5.74, 6) is -0.308. The van der Waals surface area contributed by atoms with Gasteiger partial charge in [-0.1, -0.05) is 0 Å². The zero-order chi connectivity index (χ0) is 15.1. The number of urea groups is 1. The van der Waals surface area contributed by atoms with Crippen LogP contribution in [0.1, 0.15) is 32.6 Å². The molecule has 4 amide bonds. The van der Waals surface area contributed by atoms with Crippen LogP contribution in [0, 0.1) is 0 Å². The number of rotatable bonds is 8. The number of amides is 4. The molecule has 0 aromatic rings. The third kappa shape index (κ3) is 4.80. The highest BCUT2D eigenvalue weighted by atomic mass is 16.3. The van der Waals surface area contributed by atoms with Gasteiger partial charge in [-0.25, -0.2) is 4.79 Å². The van der Waals surface area contributed by atoms with Crippen LogP contribution in [0.25, 0.3) is 0 Å². The van der Waals surface area contributed by atoms with Gasteiger partial charge < -0.3 is 15.3 Å². The normalized spacial score (nSPS) is 16.8. The van der Waals surface area contributed by atoms with Crippen LogP contribution in [0.15, 0.2) is 0 Å². The molecule has 1 unspecified atom stereocenters. The van der Waals surface area contributed by atoms with Gasteiger partial charge in [0.15, 0.2) is 0 Å². The quantitative estimate of drug-likeness (QED) is 0.611. The first-order chi connectivity index (χ1) is 9.45. The van der Waals surface area contributed by atoms with Crippen molar-refractivity contribution in [2.45, 2.75) is 38.6 Å². The summed E-state index contributed by atoms with van der Waals surface area (Å²) in [4.78, 5) is 37.3. The summed E-state index contributed by atoms with van der Waals surface area (Å²) in [6.45, 7) is 2.40. The monoisotopic (exact) mass is 285 g/mol. The van der Waals surface area contributed by atoms with E-state index in [1.807, 2.05) is 6.92 Å². The van der Waals surface area contributed by atoms with Gasteiger partial charge in [0.05, 0.1) is 0 Å². The van der Waals surface area contributed by atoms with Crippen molar-refractivity contribution in [1.82, 2.24) is 15.1 Å². The van der Waals surface area contributed by atoms with E-state index >= 15 is 0 Å². The predicted octanol–water partition coefficient (Wildman–Crippen LogP) is -0.0622. The second-order valence-electron chi connectivity index (χ2n) is 5.12. The number of hydrogen-bond donors (Lipinski definition) is 2. The highest BCUT2D eigenvalue weighted by Gasteiger charge is 2.32. The van der Waals surface area contributed by atoms with Crippen LogP contribution in [0.3, 0.4) is 0 Å². The lowest BCUT2D eigenvalue weighted by molar-refractivity contribution is -0.126. The Hall–Kier alpha value is -1.63. The van der Waals surface area contributed by atoms with E-state index in [1.54, 1.807) is 7.05 Å². The van der Waals surface area contributed by atoms with E-state index in [9.17, 15) is 14.4 Å². The second kappa shape index (κ2) is 7.84. The molecule has 1 fully saturated rings. The fourth-order valence-electron chi connectivity index (χ4n) is 2.10. The number of nitrogens with zero attached hydrogens (tertiary/aromatic N) is 2. The van der Waals surface area contributed by atoms with Crippen molar-refractivity contribution >= 4 is 17.8 Å². The van der Waals surface area contributed by atoms with Crippen LogP contribution < -0.4 is 5.32 Å². The van der Waals surface area contributed by atoms with Crippen LogP contribution in [-0.4, -0.2) is 65.5 Å². The van der Waals surface area contributed by atoms with Gasteiger partial charge in [-0.2, -0.15) is 0 Å². The van der Waals surface area contributed by atoms with Crippen LogP contribution in [0.5, 0.6) is 0 Å². The number of carbonyl (C=O) groups excluding carboxylic acids is 3. The van der Waals surface area contributed by atoms with Crippen LogP contribution in [-0.2, 0) is 9.59 Å². The van der Waals surface area contributed by atoms with E-state index in [0.717, 1.165) is 6.42 Å². The Morgan fingerprint density at radius 2 is 2.10 bits per heavy atom. The Kier molecular flexibility index (Phi) is 6.44. The molecule has 2 N–H and O–H groups in total. The molecule has 1 aliphatic heterocycles. The van der Waals surface area contributed by atoms with E-state index in [2.05, 4.69) is 5.32 Å². The Morgan fingerprint density at radius 3 is 2.65 bits per heavy atom. The van der Waals surface area contributed by atoms with Gasteiger partial charge in [0.2, 0.25) is 11.8 Å². The molecule has 0 aromatic heterocycles. The van der Waals surface area contributed by atoms with Crippen molar-refractivity contribution in [2.75, 3.05) is 26.7 Å². The molecule has 0 aliphatic carbocycles. The highest BCUT2D eigenvalue weighted by Crippen LogP contribution is 2.09. The SMILES string of the molecule is CC(CCCO)NC(=O)CCCN1C(=O)CN(C)C1=O. The van der Waals surface area contributed by atoms with E-state index in [-0.39, 0.29) is 50.0 Å². The van der Waals surface area contributed by atoms with Gasteiger partial charge in [0, 0.05) is 32.7 Å². The van der Waals surface area contributed by atoms with Crippen LogP contribution in [0.4, 0.5) is 4.79 Å². The zero-order valence-corrected chi connectivity index (χ0v) is 12.1. The molecule has 1 rings (SSSR count). The molecule has 20 heavy (non-hydrogen) atoms. The largest absolute Gasteiger partial charge is 0.396 e. The standard InChI is InChI=1S/C13H23N3O4/c1-10(5-4-8-17)14-11(18)6-3-7-16-12(19)9-15(2)13(16)20/h10,17H,3-9H2,1-2H3,(H,14,18). The van der Waals surface area contributed by atoms with Gasteiger partial charge in [0.25, 0.3) is 0 Å². The number of imide groups is 1. The third-order valence-electron chi connectivity index (χ3n) is 3.22. The fourth-order valence-corrected chi connectivity index (χ4v) is 2.10. The summed E-state index contributed by atoms with van der Waals surface area (Å²) in [5.41, 5.74) is 0. The fraction of sp³-hybridized carbons (Fsp3) is 0.769. The highest BCUT2D eigenvalue weighted by molar-refractivity contribution is 6.01. The molecule has 0 saturated carbocycles. The summed E-state index contributed by atoms with van der Waals surface area (Å²) in [7, 11) is 1.58. The number of aliphatic hydroxyl groups excluding tert-OH is 1. The molecule has 7 heteroatoms. The zero-order valence-electron chi connectivity index (χ0n) is 12.1. The van der Waals surface area contributed by atoms with Gasteiger partial charge in [-0.3, -0.25) is 14.5 Å². The number of aliphatic hydroxyl groups is 1. The van der Waals surface area contributed by atoms with Crippen LogP contribution in [0.2, 0.25) is 0 Å². The van der Waals surface area contributed by atoms with E-state index < -0.39 is 0 Å². The van der Waals surface area contributed by atoms with Crippen molar-refractivity contribution < 1.29 is 19.5 Å². The van der Waals surface area contributed by atoms with E-state index in [1.165, 1.54) is 9.80 Å². The Bertz CT molecular complexity index is 373. The van der Waals surface area contributed by atoms with Gasteiger partial charge >= 0.3 is 6.03 Å². The third-order valence-corrected chi connectivity index (χ3v) is 3.22. The van der Waals surface area contributed by atoms with E-state index in [4.69, 9.17) is 5.11 Å². The van der Waals surface area contributed by atoms with Crippen molar-refractivity contribution in [1.29, 1.82) is 0 Å². The average Bonchev–Trinajstić information content (AvgIpc) is 2.62.